The van der Waals surface area contributed by atoms with Crippen molar-refractivity contribution < 1.29 is 30.0 Å². The molecule has 0 saturated carbocycles. The fourth-order valence-corrected chi connectivity index (χ4v) is 2.85. The van der Waals surface area contributed by atoms with E-state index in [1.54, 1.807) is 0 Å². The van der Waals surface area contributed by atoms with Gasteiger partial charge in [-0.1, -0.05) is 55.8 Å². The maximum Gasteiger partial charge on any atom is 0.155 e. The minimum Gasteiger partial charge on any atom is -0.676 e. The smallest absolute Gasteiger partial charge is 0.155 e. The summed E-state index contributed by atoms with van der Waals surface area (Å²) >= 11 is 0. The SMILES string of the molecule is CC(=O)/C=C(/C)O.Cc1[c-]c(C2C=Cc3ccc(C)cc3[N-]2)cc(C)c1.[Ir]. The third-order valence-electron chi connectivity index (χ3n) is 3.82. The largest absolute Gasteiger partial charge is 0.676 e. The van der Waals surface area contributed by atoms with Gasteiger partial charge in [0.05, 0.1) is 5.76 Å². The van der Waals surface area contributed by atoms with Crippen molar-refractivity contribution in [2.75, 3.05) is 0 Å². The Morgan fingerprint density at radius 1 is 1.11 bits per heavy atom. The van der Waals surface area contributed by atoms with Crippen LogP contribution in [0.3, 0.4) is 0 Å². The number of hydrogen-bond acceptors (Lipinski definition) is 2. The van der Waals surface area contributed by atoms with Gasteiger partial charge in [-0.3, -0.25) is 4.79 Å². The number of aliphatic hydroxyl groups excluding tert-OH is 1. The molecule has 3 nitrogen and oxygen atoms in total. The van der Waals surface area contributed by atoms with E-state index < -0.39 is 0 Å². The number of aliphatic hydroxyl groups is 1. The minimum atomic E-state index is -0.125. The van der Waals surface area contributed by atoms with Crippen LogP contribution in [0.15, 0.2) is 48.2 Å². The number of nitrogens with zero attached hydrogens (tertiary/aromatic N) is 1. The number of carbonyl (C=O) groups excluding carboxylic acids is 1. The van der Waals surface area contributed by atoms with Crippen LogP contribution in [-0.4, -0.2) is 10.9 Å². The Kier molecular flexibility index (Phi) is 8.68. The van der Waals surface area contributed by atoms with Gasteiger partial charge in [0.2, 0.25) is 0 Å². The number of fused-ring (bicyclic) bond motifs is 1. The number of ketones is 1. The average Bonchev–Trinajstić information content (AvgIpc) is 2.52. The molecular weight excluding hydrogens is 514 g/mol. The number of rotatable bonds is 2. The molecule has 0 amide bonds. The van der Waals surface area contributed by atoms with Crippen LogP contribution in [0.4, 0.5) is 5.69 Å². The van der Waals surface area contributed by atoms with E-state index in [1.165, 1.54) is 42.2 Å². The molecule has 2 aromatic carbocycles. The molecule has 0 aliphatic carbocycles. The molecule has 0 aromatic heterocycles. The first-order valence-electron chi connectivity index (χ1n) is 8.62. The first-order chi connectivity index (χ1) is 12.2. The topological polar surface area (TPSA) is 51.4 Å². The molecule has 1 aliphatic rings. The van der Waals surface area contributed by atoms with Crippen LogP contribution in [0.25, 0.3) is 11.4 Å². The van der Waals surface area contributed by atoms with Crippen molar-refractivity contribution in [1.82, 2.24) is 0 Å². The third-order valence-corrected chi connectivity index (χ3v) is 3.82. The summed E-state index contributed by atoms with van der Waals surface area (Å²) in [7, 11) is 0. The molecule has 27 heavy (non-hydrogen) atoms. The Labute approximate surface area is 175 Å². The van der Waals surface area contributed by atoms with Crippen LogP contribution in [-0.2, 0) is 24.9 Å². The van der Waals surface area contributed by atoms with Gasteiger partial charge in [0.1, 0.15) is 0 Å². The van der Waals surface area contributed by atoms with Crippen molar-refractivity contribution in [3.63, 3.8) is 0 Å². The Bertz CT molecular complexity index is 844. The molecule has 0 saturated heterocycles. The number of hydrogen-bond donors (Lipinski definition) is 1. The van der Waals surface area contributed by atoms with Gasteiger partial charge in [-0.05, 0) is 26.3 Å². The number of benzene rings is 2. The van der Waals surface area contributed by atoms with Gasteiger partial charge in [-0.25, -0.2) is 0 Å². The zero-order valence-electron chi connectivity index (χ0n) is 16.3. The van der Waals surface area contributed by atoms with Gasteiger partial charge in [0.25, 0.3) is 0 Å². The van der Waals surface area contributed by atoms with Gasteiger partial charge in [0.15, 0.2) is 5.78 Å². The van der Waals surface area contributed by atoms with Crippen molar-refractivity contribution in [2.45, 2.75) is 40.7 Å². The Morgan fingerprint density at radius 3 is 2.37 bits per heavy atom. The molecule has 2 aromatic rings. The molecule has 1 N–H and O–H groups in total. The molecule has 1 unspecified atom stereocenters. The predicted molar refractivity (Wildman–Crippen MR) is 108 cm³/mol. The van der Waals surface area contributed by atoms with E-state index in [9.17, 15) is 4.79 Å². The Balaban J connectivity index is 0.000000395. The van der Waals surface area contributed by atoms with E-state index in [-0.39, 0.29) is 37.7 Å². The van der Waals surface area contributed by atoms with Gasteiger partial charge >= 0.3 is 0 Å². The molecule has 0 spiro atoms. The molecule has 1 atom stereocenters. The van der Waals surface area contributed by atoms with Crippen molar-refractivity contribution in [2.24, 2.45) is 0 Å². The molecule has 1 aliphatic heterocycles. The summed E-state index contributed by atoms with van der Waals surface area (Å²) in [5.74, 6) is -0.0625. The predicted octanol–water partition coefficient (Wildman–Crippen LogP) is 6.22. The quantitative estimate of drug-likeness (QED) is 0.280. The summed E-state index contributed by atoms with van der Waals surface area (Å²) in [4.78, 5) is 10.0. The second kappa shape index (κ2) is 10.2. The normalized spacial score (nSPS) is 14.9. The van der Waals surface area contributed by atoms with E-state index in [4.69, 9.17) is 10.4 Å². The summed E-state index contributed by atoms with van der Waals surface area (Å²) in [5, 5.41) is 13.2. The standard InChI is InChI=1S/C18H17N.C5H8O2.Ir/c1-12-4-5-15-6-7-17(19-18(15)11-12)16-9-13(2)8-14(3)10-16;1-4(6)3-5(2)7;/h4-9,11,17H,1-3H3;3,6H,1-2H3;/q-2;;/b;4-3-;. The van der Waals surface area contributed by atoms with Crippen molar-refractivity contribution in [3.8, 4) is 0 Å². The minimum absolute atomic E-state index is 0. The molecule has 145 valence electrons. The third kappa shape index (κ3) is 7.16. The van der Waals surface area contributed by atoms with E-state index in [1.807, 2.05) is 0 Å². The maximum atomic E-state index is 10.0. The summed E-state index contributed by atoms with van der Waals surface area (Å²) in [6, 6.07) is 14.2. The van der Waals surface area contributed by atoms with Crippen molar-refractivity contribution >= 4 is 17.5 Å². The van der Waals surface area contributed by atoms with E-state index in [0.29, 0.717) is 0 Å². The number of carbonyl (C=O) groups is 1. The Morgan fingerprint density at radius 2 is 1.81 bits per heavy atom. The van der Waals surface area contributed by atoms with Crippen LogP contribution in [0.2, 0.25) is 0 Å². The monoisotopic (exact) mass is 540 g/mol. The van der Waals surface area contributed by atoms with Gasteiger partial charge in [-0.15, -0.1) is 5.69 Å². The van der Waals surface area contributed by atoms with Gasteiger partial charge in [-0.2, -0.15) is 34.9 Å². The second-order valence-electron chi connectivity index (χ2n) is 6.69. The molecule has 1 radical (unpaired) electrons. The second-order valence-corrected chi connectivity index (χ2v) is 6.69. The molecule has 0 bridgehead atoms. The first kappa shape index (κ1) is 22.9. The zero-order valence-corrected chi connectivity index (χ0v) is 18.7. The van der Waals surface area contributed by atoms with E-state index >= 15 is 0 Å². The van der Waals surface area contributed by atoms with Crippen LogP contribution < -0.4 is 0 Å². The molecule has 3 rings (SSSR count). The summed E-state index contributed by atoms with van der Waals surface area (Å²) in [6.45, 7) is 9.16. The van der Waals surface area contributed by atoms with Gasteiger partial charge < -0.3 is 10.4 Å². The first-order valence-corrected chi connectivity index (χ1v) is 8.62. The summed E-state index contributed by atoms with van der Waals surface area (Å²) in [5.41, 5.74) is 7.13. The van der Waals surface area contributed by atoms with E-state index in [0.717, 1.165) is 11.3 Å². The molecule has 1 heterocycles. The van der Waals surface area contributed by atoms with Crippen LogP contribution in [0, 0.1) is 26.8 Å². The van der Waals surface area contributed by atoms with Crippen LogP contribution >= 0.6 is 0 Å². The van der Waals surface area contributed by atoms with E-state index in [2.05, 4.69) is 69.3 Å². The molecular formula is C23H25IrNO2-2. The maximum absolute atomic E-state index is 10.0. The summed E-state index contributed by atoms with van der Waals surface area (Å²) in [6.07, 6.45) is 5.49. The average molecular weight is 540 g/mol. The fourth-order valence-electron chi connectivity index (χ4n) is 2.85. The zero-order chi connectivity index (χ0) is 19.3. The fraction of sp³-hybridized carbons (Fsp3) is 0.261. The Hall–Kier alpha value is -2.16. The van der Waals surface area contributed by atoms with Crippen molar-refractivity contribution in [3.05, 3.63) is 87.4 Å². The summed E-state index contributed by atoms with van der Waals surface area (Å²) < 4.78 is 0. The van der Waals surface area contributed by atoms with Gasteiger partial charge in [0, 0.05) is 26.2 Å². The van der Waals surface area contributed by atoms with Crippen LogP contribution in [0.1, 0.15) is 47.7 Å². The number of aryl methyl sites for hydroxylation is 3. The number of allylic oxidation sites excluding steroid dienone is 2. The molecule has 0 fully saturated rings. The van der Waals surface area contributed by atoms with Crippen molar-refractivity contribution in [1.29, 1.82) is 0 Å². The van der Waals surface area contributed by atoms with Crippen LogP contribution in [0.5, 0.6) is 0 Å². The molecule has 4 heteroatoms.